The third-order valence-electron chi connectivity index (χ3n) is 3.99. The lowest BCUT2D eigenvalue weighted by Gasteiger charge is -1.98. The summed E-state index contributed by atoms with van der Waals surface area (Å²) >= 11 is 0. The van der Waals surface area contributed by atoms with Gasteiger partial charge in [-0.1, -0.05) is 36.1 Å². The van der Waals surface area contributed by atoms with Crippen LogP contribution in [0.4, 0.5) is 0 Å². The van der Waals surface area contributed by atoms with Gasteiger partial charge in [0.1, 0.15) is 0 Å². The minimum Gasteiger partial charge on any atom is -0.373 e. The van der Waals surface area contributed by atoms with E-state index < -0.39 is 0 Å². The second-order valence-electron chi connectivity index (χ2n) is 5.96. The Bertz CT molecular complexity index is 635. The van der Waals surface area contributed by atoms with Crippen LogP contribution in [0, 0.1) is 11.8 Å². The van der Waals surface area contributed by atoms with E-state index in [1.165, 1.54) is 11.1 Å². The summed E-state index contributed by atoms with van der Waals surface area (Å²) in [5.41, 5.74) is 4.74. The van der Waals surface area contributed by atoms with Crippen molar-refractivity contribution in [2.24, 2.45) is 0 Å². The van der Waals surface area contributed by atoms with E-state index in [1.807, 2.05) is 0 Å². The highest BCUT2D eigenvalue weighted by Gasteiger charge is 2.22. The SMILES string of the molecule is C(#Cc1ccc(CC2CO2)cc1)c1ccc(CC2CO2)cc1. The van der Waals surface area contributed by atoms with E-state index in [0.717, 1.165) is 37.2 Å². The van der Waals surface area contributed by atoms with Crippen molar-refractivity contribution in [3.05, 3.63) is 70.8 Å². The van der Waals surface area contributed by atoms with Crippen LogP contribution in [0.1, 0.15) is 22.3 Å². The zero-order valence-electron chi connectivity index (χ0n) is 12.4. The molecule has 2 nitrogen and oxygen atoms in total. The average Bonchev–Trinajstić information content (AvgIpc) is 3.45. The number of ether oxygens (including phenoxy) is 2. The first-order valence-electron chi connectivity index (χ1n) is 7.78. The molecule has 4 rings (SSSR count). The normalized spacial score (nSPS) is 21.8. The second-order valence-corrected chi connectivity index (χ2v) is 5.96. The molecule has 2 fully saturated rings. The molecule has 0 spiro atoms. The van der Waals surface area contributed by atoms with Crippen molar-refractivity contribution in [1.29, 1.82) is 0 Å². The highest BCUT2D eigenvalue weighted by molar-refractivity contribution is 5.44. The van der Waals surface area contributed by atoms with Gasteiger partial charge in [0, 0.05) is 24.0 Å². The Morgan fingerprint density at radius 2 is 1.05 bits per heavy atom. The molecule has 2 atom stereocenters. The third kappa shape index (κ3) is 3.76. The number of hydrogen-bond donors (Lipinski definition) is 0. The lowest BCUT2D eigenvalue weighted by atomic mass is 10.1. The molecule has 0 bridgehead atoms. The van der Waals surface area contributed by atoms with E-state index in [9.17, 15) is 0 Å². The molecular weight excluding hydrogens is 272 g/mol. The molecule has 2 unspecified atom stereocenters. The van der Waals surface area contributed by atoms with Crippen LogP contribution in [0.15, 0.2) is 48.5 Å². The molecule has 0 amide bonds. The number of hydrogen-bond acceptors (Lipinski definition) is 2. The highest BCUT2D eigenvalue weighted by atomic mass is 16.6. The fourth-order valence-corrected chi connectivity index (χ4v) is 2.49. The first-order valence-corrected chi connectivity index (χ1v) is 7.78. The summed E-state index contributed by atoms with van der Waals surface area (Å²) in [5, 5.41) is 0. The number of benzene rings is 2. The smallest absolute Gasteiger partial charge is 0.0850 e. The van der Waals surface area contributed by atoms with Gasteiger partial charge in [-0.2, -0.15) is 0 Å². The zero-order valence-corrected chi connectivity index (χ0v) is 12.4. The Morgan fingerprint density at radius 1 is 0.682 bits per heavy atom. The van der Waals surface area contributed by atoms with Crippen LogP contribution >= 0.6 is 0 Å². The van der Waals surface area contributed by atoms with Crippen molar-refractivity contribution in [3.8, 4) is 11.8 Å². The van der Waals surface area contributed by atoms with Gasteiger partial charge in [0.15, 0.2) is 0 Å². The Labute approximate surface area is 131 Å². The maximum absolute atomic E-state index is 5.25. The van der Waals surface area contributed by atoms with Crippen molar-refractivity contribution < 1.29 is 9.47 Å². The van der Waals surface area contributed by atoms with Crippen molar-refractivity contribution in [1.82, 2.24) is 0 Å². The van der Waals surface area contributed by atoms with Crippen LogP contribution in [0.2, 0.25) is 0 Å². The molecule has 2 heteroatoms. The van der Waals surface area contributed by atoms with Crippen molar-refractivity contribution in [2.45, 2.75) is 25.0 Å². The Morgan fingerprint density at radius 3 is 1.36 bits per heavy atom. The van der Waals surface area contributed by atoms with Crippen LogP contribution in [0.25, 0.3) is 0 Å². The molecule has 0 aliphatic carbocycles. The Hall–Kier alpha value is -2.08. The van der Waals surface area contributed by atoms with Crippen LogP contribution in [0.3, 0.4) is 0 Å². The van der Waals surface area contributed by atoms with Crippen LogP contribution in [-0.4, -0.2) is 25.4 Å². The van der Waals surface area contributed by atoms with E-state index in [0.29, 0.717) is 12.2 Å². The molecule has 0 aromatic heterocycles. The summed E-state index contributed by atoms with van der Waals surface area (Å²) in [7, 11) is 0. The molecule has 2 aliphatic heterocycles. The molecule has 2 aromatic carbocycles. The molecule has 0 radical (unpaired) electrons. The average molecular weight is 290 g/mol. The van der Waals surface area contributed by atoms with Gasteiger partial charge < -0.3 is 9.47 Å². The lowest BCUT2D eigenvalue weighted by molar-refractivity contribution is 0.407. The van der Waals surface area contributed by atoms with Crippen LogP contribution < -0.4 is 0 Å². The monoisotopic (exact) mass is 290 g/mol. The predicted octanol–water partition coefficient (Wildman–Crippen LogP) is 2.97. The topological polar surface area (TPSA) is 25.1 Å². The third-order valence-corrected chi connectivity index (χ3v) is 3.99. The number of rotatable bonds is 4. The lowest BCUT2D eigenvalue weighted by Crippen LogP contribution is -1.92. The van der Waals surface area contributed by atoms with Crippen molar-refractivity contribution in [3.63, 3.8) is 0 Å². The van der Waals surface area contributed by atoms with Gasteiger partial charge in [0.05, 0.1) is 25.4 Å². The molecule has 22 heavy (non-hydrogen) atoms. The van der Waals surface area contributed by atoms with E-state index in [4.69, 9.17) is 9.47 Å². The van der Waals surface area contributed by atoms with Gasteiger partial charge in [0.25, 0.3) is 0 Å². The Kier molecular flexibility index (Phi) is 3.68. The summed E-state index contributed by atoms with van der Waals surface area (Å²) in [4.78, 5) is 0. The van der Waals surface area contributed by atoms with Crippen LogP contribution in [0.5, 0.6) is 0 Å². The summed E-state index contributed by atoms with van der Waals surface area (Å²) in [6, 6.07) is 16.9. The van der Waals surface area contributed by atoms with Gasteiger partial charge in [-0.25, -0.2) is 0 Å². The molecule has 0 N–H and O–H groups in total. The minimum absolute atomic E-state index is 0.441. The Balaban J connectivity index is 1.40. The molecule has 2 heterocycles. The fourth-order valence-electron chi connectivity index (χ4n) is 2.49. The molecule has 110 valence electrons. The second kappa shape index (κ2) is 5.96. The van der Waals surface area contributed by atoms with Crippen LogP contribution in [-0.2, 0) is 22.3 Å². The first-order chi connectivity index (χ1) is 10.8. The van der Waals surface area contributed by atoms with Gasteiger partial charge in [-0.15, -0.1) is 0 Å². The molecule has 2 aromatic rings. The van der Waals surface area contributed by atoms with E-state index >= 15 is 0 Å². The molecule has 2 aliphatic rings. The maximum atomic E-state index is 5.25. The standard InChI is InChI=1S/C20H18O2/c1(15-3-7-17(8-4-15)11-19-13-21-19)2-16-5-9-18(10-6-16)12-20-14-22-20/h3-10,19-20H,11-14H2. The number of epoxide rings is 2. The van der Waals surface area contributed by atoms with E-state index in [-0.39, 0.29) is 0 Å². The maximum Gasteiger partial charge on any atom is 0.0850 e. The quantitative estimate of drug-likeness (QED) is 0.639. The molecule has 2 saturated heterocycles. The van der Waals surface area contributed by atoms with Gasteiger partial charge in [0.2, 0.25) is 0 Å². The van der Waals surface area contributed by atoms with Gasteiger partial charge in [-0.05, 0) is 35.4 Å². The predicted molar refractivity (Wildman–Crippen MR) is 85.8 cm³/mol. The van der Waals surface area contributed by atoms with Gasteiger partial charge >= 0.3 is 0 Å². The largest absolute Gasteiger partial charge is 0.373 e. The van der Waals surface area contributed by atoms with Gasteiger partial charge in [-0.3, -0.25) is 0 Å². The molecule has 0 saturated carbocycles. The fraction of sp³-hybridized carbons (Fsp3) is 0.300. The van der Waals surface area contributed by atoms with Crippen molar-refractivity contribution in [2.75, 3.05) is 13.2 Å². The van der Waals surface area contributed by atoms with E-state index in [2.05, 4.69) is 60.4 Å². The summed E-state index contributed by atoms with van der Waals surface area (Å²) in [5.74, 6) is 6.45. The highest BCUT2D eigenvalue weighted by Crippen LogP contribution is 2.17. The minimum atomic E-state index is 0.441. The van der Waals surface area contributed by atoms with Crippen molar-refractivity contribution >= 4 is 0 Å². The summed E-state index contributed by atoms with van der Waals surface area (Å²) in [6.07, 6.45) is 2.91. The summed E-state index contributed by atoms with van der Waals surface area (Å²) in [6.45, 7) is 1.81. The first kappa shape index (κ1) is 13.6. The molecular formula is C20H18O2. The zero-order chi connectivity index (χ0) is 14.8. The summed E-state index contributed by atoms with van der Waals surface area (Å²) < 4.78 is 10.5. The van der Waals surface area contributed by atoms with E-state index in [1.54, 1.807) is 0 Å².